The lowest BCUT2D eigenvalue weighted by atomic mass is 10.2. The zero-order valence-electron chi connectivity index (χ0n) is 74.3. The smallest absolute Gasteiger partial charge is 0.269 e. The normalized spacial score (nSPS) is 16.2. The number of nitro benzene ring substituents is 2. The van der Waals surface area contributed by atoms with E-state index in [1.807, 2.05) is 43.4 Å². The van der Waals surface area contributed by atoms with E-state index in [1.54, 1.807) is 107 Å². The Labute approximate surface area is 766 Å². The van der Waals surface area contributed by atoms with Gasteiger partial charge in [-0.1, -0.05) is 25.3 Å². The molecule has 0 spiro atoms. The molecule has 5 fully saturated rings. The fourth-order valence-corrected chi connectivity index (χ4v) is 13.7. The van der Waals surface area contributed by atoms with Gasteiger partial charge >= 0.3 is 0 Å². The highest BCUT2D eigenvalue weighted by atomic mass is 35.5. The van der Waals surface area contributed by atoms with Gasteiger partial charge in [-0.15, -0.1) is 0 Å². The molecule has 2 aromatic heterocycles. The quantitative estimate of drug-likeness (QED) is 0.00822. The van der Waals surface area contributed by atoms with Crippen molar-refractivity contribution in [3.05, 3.63) is 209 Å². The number of hydrogen-bond donors (Lipinski definition) is 5. The van der Waals surface area contributed by atoms with Gasteiger partial charge in [0.15, 0.2) is 11.5 Å². The van der Waals surface area contributed by atoms with Crippen molar-refractivity contribution < 1.29 is 67.8 Å². The lowest BCUT2D eigenvalue weighted by molar-refractivity contribution is -0.385. The van der Waals surface area contributed by atoms with Crippen molar-refractivity contribution >= 4 is 127 Å². The Bertz CT molecular complexity index is 4520. The van der Waals surface area contributed by atoms with Crippen LogP contribution >= 0.6 is 52.1 Å². The first kappa shape index (κ1) is 106. The van der Waals surface area contributed by atoms with Gasteiger partial charge < -0.3 is 84.3 Å². The second kappa shape index (κ2) is 59.6. The van der Waals surface area contributed by atoms with Gasteiger partial charge in [-0.3, -0.25) is 53.8 Å². The van der Waals surface area contributed by atoms with Crippen LogP contribution in [0.15, 0.2) is 183 Å². The molecule has 0 radical (unpaired) electrons. The number of halogens is 2. The van der Waals surface area contributed by atoms with Crippen LogP contribution in [0.4, 0.5) is 67.2 Å². The summed E-state index contributed by atoms with van der Waals surface area (Å²) in [6.07, 6.45) is 12.4. The third-order valence-electron chi connectivity index (χ3n) is 20.5. The summed E-state index contributed by atoms with van der Waals surface area (Å²) in [5.74, 6) is 1.84. The topological polar surface area (TPSA) is 352 Å². The van der Waals surface area contributed by atoms with Crippen molar-refractivity contribution in [2.45, 2.75) is 62.7 Å². The number of non-ortho nitro benzene ring substituents is 2. The van der Waals surface area contributed by atoms with Crippen LogP contribution in [0.1, 0.15) is 39.9 Å². The third kappa shape index (κ3) is 37.3. The molecular formula is C88H126ClFN18O15S3. The van der Waals surface area contributed by atoms with Crippen molar-refractivity contribution in [2.75, 3.05) is 231 Å². The van der Waals surface area contributed by atoms with E-state index in [1.165, 1.54) is 69.7 Å². The van der Waals surface area contributed by atoms with E-state index in [4.69, 9.17) is 61.3 Å². The number of rotatable bonds is 34. The number of hydrogen-bond acceptors (Lipinski definition) is 29. The summed E-state index contributed by atoms with van der Waals surface area (Å²) in [7, 11) is 15.3. The van der Waals surface area contributed by atoms with Crippen molar-refractivity contribution in [1.29, 1.82) is 0 Å². The van der Waals surface area contributed by atoms with Crippen LogP contribution in [0, 0.1) is 20.2 Å². The molecule has 7 heterocycles. The number of nitro groups is 2. The monoisotopic (exact) mass is 1830 g/mol. The van der Waals surface area contributed by atoms with Crippen LogP contribution in [0.5, 0.6) is 34.8 Å². The Morgan fingerprint density at radius 1 is 0.556 bits per heavy atom. The van der Waals surface area contributed by atoms with E-state index < -0.39 is 7.15 Å². The average Bonchev–Trinajstić information content (AvgIpc) is 1.54. The number of carbonyl (C=O) groups is 2. The van der Waals surface area contributed by atoms with Gasteiger partial charge in [0.25, 0.3) is 23.1 Å². The Morgan fingerprint density at radius 3 is 1.32 bits per heavy atom. The minimum atomic E-state index is -1.00. The van der Waals surface area contributed by atoms with E-state index in [0.29, 0.717) is 64.5 Å². The van der Waals surface area contributed by atoms with Gasteiger partial charge in [-0.2, -0.15) is 50.5 Å². The molecule has 0 unspecified atom stereocenters. The molecule has 8 aromatic rings. The molecule has 5 aliphatic heterocycles. The largest absolute Gasteiger partial charge is 0.490 e. The number of likely N-dealkylation sites (N-methyl/N-ethyl adjacent to an activating group) is 3. The number of carbonyl (C=O) groups excluding carboxylic acids is 2. The van der Waals surface area contributed by atoms with E-state index in [9.17, 15) is 34.2 Å². The van der Waals surface area contributed by atoms with Crippen LogP contribution in [-0.4, -0.2) is 274 Å². The third-order valence-corrected chi connectivity index (χ3v) is 20.7. The number of nitrogens with two attached hydrogens (primary N) is 1. The van der Waals surface area contributed by atoms with Gasteiger partial charge in [-0.25, -0.2) is 9.97 Å². The highest BCUT2D eigenvalue weighted by molar-refractivity contribution is 7.59. The van der Waals surface area contributed by atoms with Gasteiger partial charge in [0.2, 0.25) is 23.0 Å². The molecule has 126 heavy (non-hydrogen) atoms. The number of likely N-dealkylation sites (tertiary alicyclic amines) is 4. The second-order valence-electron chi connectivity index (χ2n) is 28.9. The Kier molecular flexibility index (Phi) is 50.2. The lowest BCUT2D eigenvalue weighted by Gasteiger charge is -2.27. The molecule has 5 saturated heterocycles. The number of nitrogens with one attached hydrogen (secondary N) is 4. The van der Waals surface area contributed by atoms with Crippen molar-refractivity contribution in [2.24, 2.45) is 0 Å². The molecule has 6 N–H and O–H groups in total. The summed E-state index contributed by atoms with van der Waals surface area (Å²) < 4.78 is 63.0. The number of aromatic nitrogens is 4. The number of amides is 2. The first-order chi connectivity index (χ1) is 60.0. The molecular weight excluding hydrogens is 1700 g/mol. The standard InChI is InChI=1S/C28H34N6O4.C14H12ClN3O3.C14H21N3O3.C14H23N3O.C13H19N3O3.C4H8O.CH3F.3H2S/c1-5-26(35)30-21-7-6-8-24(17-21)38-27-25(37-4)18-29-28(32-27)31-20-9-11-22(12-10-20)33(2)23-13-14-34(19-23)15-16-36-3;1-3-12(19)17-9-5-4-6-10(7-9)21-13-11(20-2)8-16-14(15)18-13;1-15(12-3-5-13(6-4-12)17(18)19)14-7-8-16(11-14)9-10-20-2;1-16(13-5-3-12(15)4-6-13)14-7-8-17(11-14)9-10-18-2;1-19-9-8-15-7-6-12(10-15)14-11-2-4-13(5-3-11)16(17)18;1-2-4-5-3-1;1-2;;;/h5-12,17-18,23H,1,13-16,19H2,2-4H3,(H,30,35)(H,29,31,32);3-8H,1H2,2H3,(H,17,19);3-6,14H,7-11H2,1-2H3;3-6,14H,7-11,15H2,1-2H3;2-5,12,14H,6-10H2,1H3;1-4H2;1H3;3*1H2/t23-;;2*14-;12-;;;;;/m0.000...../s1/i;;;;;;1D;;;. The van der Waals surface area contributed by atoms with Gasteiger partial charge in [0.1, 0.15) is 11.5 Å². The summed E-state index contributed by atoms with van der Waals surface area (Å²) in [6, 6.07) is 45.3. The van der Waals surface area contributed by atoms with Gasteiger partial charge in [0, 0.05) is 247 Å². The Morgan fingerprint density at radius 2 is 0.929 bits per heavy atom. The number of nitrogen functional groups attached to an aromatic ring is 1. The summed E-state index contributed by atoms with van der Waals surface area (Å²) in [4.78, 5) is 76.5. The van der Waals surface area contributed by atoms with Gasteiger partial charge in [0.05, 0.1) is 71.4 Å². The molecule has 0 aliphatic carbocycles. The van der Waals surface area contributed by atoms with Crippen molar-refractivity contribution in [1.82, 2.24) is 39.5 Å². The maximum absolute atomic E-state index is 11.6. The SMILES string of the molecule is C1CCOC1.C=CC(=O)Nc1cccc(Oc2nc(Cl)ncc2OC)c1.C=CC(=O)Nc1cccc(Oc2nc(Nc3ccc(N(C)[C@H]4CCN(CCOC)C4)cc3)ncc2OC)c1.COCCN1CC[C@H](N(C)c2ccc(N)cc2)C1.COCCN1CC[C@H](N(C)c2ccc([N+](=O)[O-])cc2)C1.COCCN1CC[C@H](Nc2ccc([N+](=O)[O-])cc2)C1.S.S.S.[2H]CF. The predicted molar refractivity (Wildman–Crippen MR) is 514 cm³/mol. The Balaban J connectivity index is 0.000000333. The minimum Gasteiger partial charge on any atom is -0.490 e. The molecule has 6 aromatic carbocycles. The van der Waals surface area contributed by atoms with Crippen LogP contribution in [0.2, 0.25) is 5.28 Å². The zero-order valence-corrected chi connectivity index (χ0v) is 77.1. The maximum atomic E-state index is 11.6. The highest BCUT2D eigenvalue weighted by Crippen LogP contribution is 2.35. The molecule has 4 atom stereocenters. The molecule has 38 heteroatoms. The van der Waals surface area contributed by atoms with Crippen LogP contribution < -0.4 is 60.6 Å². The number of alkyl halides is 1. The first-order valence-corrected chi connectivity index (χ1v) is 40.8. The minimum absolute atomic E-state index is 0. The molecule has 13 rings (SSSR count). The number of nitrogens with zero attached hydrogens (tertiary/aromatic N) is 13. The predicted octanol–water partition coefficient (Wildman–Crippen LogP) is 14.0. The fraction of sp³-hybridized carbons (Fsp3) is 0.432. The number of anilines is 9. The van der Waals surface area contributed by atoms with Gasteiger partial charge in [-0.05, 0) is 159 Å². The number of ether oxygens (including phenoxy) is 9. The molecule has 33 nitrogen and oxygen atoms in total. The van der Waals surface area contributed by atoms with Crippen molar-refractivity contribution in [3.63, 3.8) is 0 Å². The fourth-order valence-electron chi connectivity index (χ4n) is 13.6. The molecule has 0 saturated carbocycles. The number of benzene rings is 6. The Hall–Kier alpha value is -10.4. The van der Waals surface area contributed by atoms with E-state index in [0.717, 1.165) is 166 Å². The maximum Gasteiger partial charge on any atom is 0.269 e. The average molecular weight is 1830 g/mol. The molecule has 5 aliphatic rings. The summed E-state index contributed by atoms with van der Waals surface area (Å²) >= 11 is 5.73. The van der Waals surface area contributed by atoms with E-state index in [2.05, 4.69) is 127 Å². The van der Waals surface area contributed by atoms with Crippen LogP contribution in [-0.2, 0) is 33.3 Å². The molecule has 690 valence electrons. The van der Waals surface area contributed by atoms with E-state index >= 15 is 0 Å². The summed E-state index contributed by atoms with van der Waals surface area (Å²) in [6.45, 7) is 24.4. The molecule has 2 amide bonds. The highest BCUT2D eigenvalue weighted by Gasteiger charge is 2.29. The van der Waals surface area contributed by atoms with Crippen molar-refractivity contribution in [3.8, 4) is 34.8 Å². The number of methoxy groups -OCH3 is 6. The summed E-state index contributed by atoms with van der Waals surface area (Å²) in [5, 5.41) is 33.2. The summed E-state index contributed by atoms with van der Waals surface area (Å²) in [5.41, 5.74) is 13.1. The van der Waals surface area contributed by atoms with Crippen LogP contribution in [0.3, 0.4) is 0 Å². The molecule has 0 bridgehead atoms. The van der Waals surface area contributed by atoms with E-state index in [-0.39, 0.29) is 90.6 Å². The zero-order chi connectivity index (χ0) is 89.6. The lowest BCUT2D eigenvalue weighted by Crippen LogP contribution is -2.35. The second-order valence-corrected chi connectivity index (χ2v) is 29.2. The van der Waals surface area contributed by atoms with Crippen LogP contribution in [0.25, 0.3) is 0 Å². The first-order valence-electron chi connectivity index (χ1n) is 41.1.